The molecule has 0 unspecified atom stereocenters. The zero-order chi connectivity index (χ0) is 23.6. The van der Waals surface area contributed by atoms with Crippen LogP contribution in [0.2, 0.25) is 5.02 Å². The Morgan fingerprint density at radius 2 is 1.75 bits per heavy atom. The molecule has 174 valence electrons. The quantitative estimate of drug-likeness (QED) is 0.391. The second-order valence-corrected chi connectivity index (χ2v) is 7.73. The first-order valence-electron chi connectivity index (χ1n) is 10.5. The molecule has 0 aliphatic carbocycles. The van der Waals surface area contributed by atoms with Crippen molar-refractivity contribution in [2.24, 2.45) is 0 Å². The molecular formula is C23H27ClF3N3O2. The van der Waals surface area contributed by atoms with Crippen molar-refractivity contribution in [1.82, 2.24) is 5.32 Å². The van der Waals surface area contributed by atoms with Crippen LogP contribution < -0.4 is 15.5 Å². The van der Waals surface area contributed by atoms with Crippen LogP contribution in [-0.2, 0) is 11.0 Å². The highest BCUT2D eigenvalue weighted by molar-refractivity contribution is 6.30. The zero-order valence-corrected chi connectivity index (χ0v) is 18.6. The Morgan fingerprint density at radius 1 is 1.03 bits per heavy atom. The first-order chi connectivity index (χ1) is 15.2. The Bertz CT molecular complexity index is 889. The Kier molecular flexibility index (Phi) is 9.84. The van der Waals surface area contributed by atoms with Gasteiger partial charge in [0.1, 0.15) is 0 Å². The van der Waals surface area contributed by atoms with Gasteiger partial charge in [-0.2, -0.15) is 13.2 Å². The number of halogens is 4. The number of hydrogen-bond acceptors (Lipinski definition) is 2. The summed E-state index contributed by atoms with van der Waals surface area (Å²) in [5.41, 5.74) is -0.273. The van der Waals surface area contributed by atoms with Gasteiger partial charge in [-0.05, 0) is 55.3 Å². The topological polar surface area (TPSA) is 61.4 Å². The highest BCUT2D eigenvalue weighted by Crippen LogP contribution is 2.32. The molecule has 9 heteroatoms. The van der Waals surface area contributed by atoms with Gasteiger partial charge in [0, 0.05) is 35.9 Å². The lowest BCUT2D eigenvalue weighted by Gasteiger charge is -2.24. The average molecular weight is 470 g/mol. The van der Waals surface area contributed by atoms with Gasteiger partial charge in [-0.1, -0.05) is 37.4 Å². The van der Waals surface area contributed by atoms with Crippen LogP contribution in [0.15, 0.2) is 48.5 Å². The summed E-state index contributed by atoms with van der Waals surface area (Å²) in [4.78, 5) is 26.0. The minimum absolute atomic E-state index is 0.0744. The van der Waals surface area contributed by atoms with Crippen LogP contribution >= 0.6 is 11.6 Å². The number of nitrogens with zero attached hydrogens (tertiary/aromatic N) is 1. The summed E-state index contributed by atoms with van der Waals surface area (Å²) in [7, 11) is 0. The van der Waals surface area contributed by atoms with Gasteiger partial charge in [-0.3, -0.25) is 9.69 Å². The van der Waals surface area contributed by atoms with Crippen molar-refractivity contribution >= 4 is 34.9 Å². The van der Waals surface area contributed by atoms with Gasteiger partial charge in [0.05, 0.1) is 5.56 Å². The standard InChI is InChI=1S/C23H27ClF3N3O2/c1-2-3-4-9-21(31)28-14-6-15-30(20-8-5-7-17(16-20)23(25,26)27)22(32)29-19-12-10-18(24)11-13-19/h5,7-8,10-13,16H,2-4,6,9,14-15H2,1H3,(H,28,31)(H,29,32). The predicted octanol–water partition coefficient (Wildman–Crippen LogP) is 6.48. The fourth-order valence-corrected chi connectivity index (χ4v) is 3.14. The van der Waals surface area contributed by atoms with E-state index in [-0.39, 0.29) is 18.1 Å². The number of rotatable bonds is 10. The van der Waals surface area contributed by atoms with E-state index in [9.17, 15) is 22.8 Å². The number of anilines is 2. The van der Waals surface area contributed by atoms with Gasteiger partial charge in [-0.15, -0.1) is 0 Å². The molecule has 2 rings (SSSR count). The molecule has 0 saturated heterocycles. The van der Waals surface area contributed by atoms with Crippen LogP contribution in [0.4, 0.5) is 29.3 Å². The molecule has 2 N–H and O–H groups in total. The van der Waals surface area contributed by atoms with Crippen LogP contribution in [0, 0.1) is 0 Å². The number of urea groups is 1. The summed E-state index contributed by atoms with van der Waals surface area (Å²) in [5.74, 6) is -0.0744. The largest absolute Gasteiger partial charge is 0.416 e. The van der Waals surface area contributed by atoms with Gasteiger partial charge >= 0.3 is 12.2 Å². The van der Waals surface area contributed by atoms with Crippen LogP contribution in [0.5, 0.6) is 0 Å². The summed E-state index contributed by atoms with van der Waals surface area (Å²) in [6, 6.07) is 10.4. The van der Waals surface area contributed by atoms with Gasteiger partial charge in [-0.25, -0.2) is 4.79 Å². The van der Waals surface area contributed by atoms with Crippen LogP contribution in [0.25, 0.3) is 0 Å². The van der Waals surface area contributed by atoms with Gasteiger partial charge in [0.2, 0.25) is 5.91 Å². The maximum Gasteiger partial charge on any atom is 0.416 e. The number of benzene rings is 2. The molecule has 0 radical (unpaired) electrons. The van der Waals surface area contributed by atoms with Crippen molar-refractivity contribution in [3.8, 4) is 0 Å². The van der Waals surface area contributed by atoms with E-state index in [0.717, 1.165) is 31.4 Å². The minimum Gasteiger partial charge on any atom is -0.356 e. The van der Waals surface area contributed by atoms with Crippen molar-refractivity contribution in [1.29, 1.82) is 0 Å². The van der Waals surface area contributed by atoms with E-state index in [1.54, 1.807) is 24.3 Å². The van der Waals surface area contributed by atoms with E-state index in [1.807, 2.05) is 0 Å². The molecule has 2 aromatic carbocycles. The molecule has 32 heavy (non-hydrogen) atoms. The average Bonchev–Trinajstić information content (AvgIpc) is 2.75. The molecule has 5 nitrogen and oxygen atoms in total. The van der Waals surface area contributed by atoms with Crippen molar-refractivity contribution in [3.63, 3.8) is 0 Å². The molecule has 0 bridgehead atoms. The molecular weight excluding hydrogens is 443 g/mol. The van der Waals surface area contributed by atoms with E-state index in [2.05, 4.69) is 17.6 Å². The first-order valence-corrected chi connectivity index (χ1v) is 10.9. The highest BCUT2D eigenvalue weighted by Gasteiger charge is 2.31. The number of amides is 3. The Morgan fingerprint density at radius 3 is 2.41 bits per heavy atom. The van der Waals surface area contributed by atoms with E-state index >= 15 is 0 Å². The fourth-order valence-electron chi connectivity index (χ4n) is 3.01. The number of unbranched alkanes of at least 4 members (excludes halogenated alkanes) is 2. The number of nitrogens with one attached hydrogen (secondary N) is 2. The summed E-state index contributed by atoms with van der Waals surface area (Å²) in [5, 5.41) is 5.95. The van der Waals surface area contributed by atoms with E-state index in [1.165, 1.54) is 17.0 Å². The summed E-state index contributed by atoms with van der Waals surface area (Å²) < 4.78 is 39.5. The smallest absolute Gasteiger partial charge is 0.356 e. The maximum atomic E-state index is 13.2. The van der Waals surface area contributed by atoms with E-state index in [0.29, 0.717) is 30.1 Å². The van der Waals surface area contributed by atoms with Crippen molar-refractivity contribution in [3.05, 3.63) is 59.1 Å². The molecule has 0 fully saturated rings. The molecule has 0 aliphatic rings. The van der Waals surface area contributed by atoms with Crippen molar-refractivity contribution < 1.29 is 22.8 Å². The lowest BCUT2D eigenvalue weighted by atomic mass is 10.1. The van der Waals surface area contributed by atoms with Crippen LogP contribution in [-0.4, -0.2) is 25.0 Å². The lowest BCUT2D eigenvalue weighted by molar-refractivity contribution is -0.137. The number of alkyl halides is 3. The number of carbonyl (C=O) groups excluding carboxylic acids is 2. The van der Waals surface area contributed by atoms with E-state index in [4.69, 9.17) is 11.6 Å². The fraction of sp³-hybridized carbons (Fsp3) is 0.391. The second-order valence-electron chi connectivity index (χ2n) is 7.30. The molecule has 0 aromatic heterocycles. The van der Waals surface area contributed by atoms with Crippen LogP contribution in [0.1, 0.15) is 44.6 Å². The Hall–Kier alpha value is -2.74. The number of carbonyl (C=O) groups is 2. The normalized spacial score (nSPS) is 11.2. The van der Waals surface area contributed by atoms with Gasteiger partial charge < -0.3 is 10.6 Å². The van der Waals surface area contributed by atoms with E-state index < -0.39 is 17.8 Å². The summed E-state index contributed by atoms with van der Waals surface area (Å²) in [6.07, 6.45) is -0.918. The predicted molar refractivity (Wildman–Crippen MR) is 121 cm³/mol. The molecule has 0 spiro atoms. The monoisotopic (exact) mass is 469 g/mol. The molecule has 3 amide bonds. The second kappa shape index (κ2) is 12.3. The summed E-state index contributed by atoms with van der Waals surface area (Å²) in [6.45, 7) is 2.49. The maximum absolute atomic E-state index is 13.2. The first kappa shape index (κ1) is 25.5. The number of hydrogen-bond donors (Lipinski definition) is 2. The molecule has 2 aromatic rings. The minimum atomic E-state index is -4.53. The third-order valence-corrected chi connectivity index (χ3v) is 4.97. The van der Waals surface area contributed by atoms with Crippen molar-refractivity contribution in [2.45, 2.75) is 45.2 Å². The third kappa shape index (κ3) is 8.42. The zero-order valence-electron chi connectivity index (χ0n) is 17.8. The molecule has 0 aliphatic heterocycles. The third-order valence-electron chi connectivity index (χ3n) is 4.71. The highest BCUT2D eigenvalue weighted by atomic mass is 35.5. The van der Waals surface area contributed by atoms with Crippen LogP contribution in [0.3, 0.4) is 0 Å². The SMILES string of the molecule is CCCCCC(=O)NCCCN(C(=O)Nc1ccc(Cl)cc1)c1cccc(C(F)(F)F)c1. The molecule has 0 atom stereocenters. The molecule has 0 saturated carbocycles. The van der Waals surface area contributed by atoms with Gasteiger partial charge in [0.15, 0.2) is 0 Å². The lowest BCUT2D eigenvalue weighted by Crippen LogP contribution is -2.37. The molecule has 0 heterocycles. The Labute approximate surface area is 190 Å². The Balaban J connectivity index is 2.08. The van der Waals surface area contributed by atoms with Gasteiger partial charge in [0.25, 0.3) is 0 Å². The van der Waals surface area contributed by atoms with Crippen molar-refractivity contribution in [2.75, 3.05) is 23.3 Å². The summed E-state index contributed by atoms with van der Waals surface area (Å²) >= 11 is 5.85.